The van der Waals surface area contributed by atoms with Crippen molar-refractivity contribution in [3.05, 3.63) is 66.7 Å². The van der Waals surface area contributed by atoms with E-state index in [0.717, 1.165) is 0 Å². The zero-order chi connectivity index (χ0) is 15.4. The molecule has 0 aliphatic carbocycles. The van der Waals surface area contributed by atoms with Gasteiger partial charge < -0.3 is 0 Å². The van der Waals surface area contributed by atoms with E-state index in [1.165, 1.54) is 25.9 Å². The third-order valence-corrected chi connectivity index (χ3v) is 15.3. The third kappa shape index (κ3) is 1.97. The molecule has 0 unspecified atom stereocenters. The molecule has 0 saturated carbocycles. The van der Waals surface area contributed by atoms with E-state index >= 15 is 0 Å². The van der Waals surface area contributed by atoms with Crippen molar-refractivity contribution in [2.45, 2.75) is 9.79 Å². The first-order valence-corrected chi connectivity index (χ1v) is 12.5. The second kappa shape index (κ2) is 4.98. The number of hydrogen-bond donors (Lipinski definition) is 0. The van der Waals surface area contributed by atoms with E-state index in [-0.39, 0.29) is 0 Å². The van der Waals surface area contributed by atoms with E-state index in [2.05, 4.69) is 60.7 Å². The van der Waals surface area contributed by atoms with E-state index in [4.69, 9.17) is 9.05 Å². The Morgan fingerprint density at radius 3 is 1.91 bits per heavy atom. The molecule has 1 fully saturated rings. The second-order valence-electron chi connectivity index (χ2n) is 5.61. The molecule has 0 N–H and O–H groups in total. The molecule has 0 aromatic heterocycles. The Morgan fingerprint density at radius 2 is 1.30 bits per heavy atom. The Kier molecular flexibility index (Phi) is 3.10. The van der Waals surface area contributed by atoms with Crippen LogP contribution in [0.25, 0.3) is 10.8 Å². The van der Waals surface area contributed by atoms with Crippen molar-refractivity contribution < 1.29 is 9.05 Å². The molecule has 0 radical (unpaired) electrons. The zero-order valence-corrected chi connectivity index (χ0v) is 14.9. The second-order valence-corrected chi connectivity index (χ2v) is 15.3. The van der Waals surface area contributed by atoms with Crippen LogP contribution in [-0.4, -0.2) is 13.2 Å². The number of hydrogen-bond acceptors (Lipinski definition) is 4. The molecular weight excluding hydrogens is 343 g/mol. The summed E-state index contributed by atoms with van der Waals surface area (Å²) in [5.41, 5.74) is -3.03. The monoisotopic (exact) mass is 358 g/mol. The van der Waals surface area contributed by atoms with Crippen molar-refractivity contribution in [3.63, 3.8) is 0 Å². The predicted octanol–water partition coefficient (Wildman–Crippen LogP) is 5.62. The van der Waals surface area contributed by atoms with Crippen LogP contribution < -0.4 is 5.30 Å². The molecular formula is C18H15O2PS2. The summed E-state index contributed by atoms with van der Waals surface area (Å²) in [6.45, 7) is 1.32. The van der Waals surface area contributed by atoms with Crippen molar-refractivity contribution in [2.24, 2.45) is 0 Å². The molecule has 2 aliphatic rings. The van der Waals surface area contributed by atoms with Crippen LogP contribution in [0.5, 0.6) is 0 Å². The zero-order valence-electron chi connectivity index (χ0n) is 12.3. The van der Waals surface area contributed by atoms with Crippen molar-refractivity contribution in [1.82, 2.24) is 0 Å². The van der Waals surface area contributed by atoms with Crippen LogP contribution in [0.2, 0.25) is 0 Å². The van der Waals surface area contributed by atoms with Gasteiger partial charge in [0.25, 0.3) is 0 Å². The third-order valence-electron chi connectivity index (χ3n) is 4.23. The summed E-state index contributed by atoms with van der Waals surface area (Å²) in [6, 6.07) is 23.5. The van der Waals surface area contributed by atoms with Crippen LogP contribution in [0.3, 0.4) is 0 Å². The van der Waals surface area contributed by atoms with Crippen LogP contribution in [0.15, 0.2) is 76.5 Å². The average Bonchev–Trinajstić information content (AvgIpc) is 3.01. The normalized spacial score (nSPS) is 22.7. The van der Waals surface area contributed by atoms with E-state index in [1.807, 2.05) is 28.8 Å². The van der Waals surface area contributed by atoms with Crippen LogP contribution in [0.1, 0.15) is 0 Å². The van der Waals surface area contributed by atoms with Gasteiger partial charge in [-0.2, -0.15) is 0 Å². The topological polar surface area (TPSA) is 18.5 Å². The molecule has 1 saturated heterocycles. The maximum absolute atomic E-state index is 6.48. The summed E-state index contributed by atoms with van der Waals surface area (Å²) in [5.74, 6) is 0. The van der Waals surface area contributed by atoms with Crippen molar-refractivity contribution >= 4 is 44.3 Å². The van der Waals surface area contributed by atoms with Gasteiger partial charge in [0, 0.05) is 0 Å². The molecule has 5 heteroatoms. The minimum absolute atomic E-state index is 0.658. The van der Waals surface area contributed by atoms with E-state index < -0.39 is 5.46 Å². The van der Waals surface area contributed by atoms with Crippen LogP contribution >= 0.6 is 28.2 Å². The molecule has 2 nitrogen and oxygen atoms in total. The first-order chi connectivity index (χ1) is 11.3. The fraction of sp³-hybridized carbons (Fsp3) is 0.111. The molecule has 1 spiro atoms. The summed E-state index contributed by atoms with van der Waals surface area (Å²) in [4.78, 5) is 2.53. The fourth-order valence-corrected chi connectivity index (χ4v) is 14.9. The molecule has 0 amide bonds. The van der Waals surface area contributed by atoms with Gasteiger partial charge in [-0.25, -0.2) is 0 Å². The summed E-state index contributed by atoms with van der Waals surface area (Å²) in [6.07, 6.45) is 0. The van der Waals surface area contributed by atoms with Crippen LogP contribution in [0, 0.1) is 0 Å². The van der Waals surface area contributed by atoms with E-state index in [1.54, 1.807) is 0 Å². The minimum atomic E-state index is -3.03. The van der Waals surface area contributed by atoms with Gasteiger partial charge in [-0.15, -0.1) is 0 Å². The van der Waals surface area contributed by atoms with Crippen molar-refractivity contribution in [2.75, 3.05) is 13.2 Å². The summed E-state index contributed by atoms with van der Waals surface area (Å²) in [7, 11) is 0. The molecule has 23 heavy (non-hydrogen) atoms. The van der Waals surface area contributed by atoms with Gasteiger partial charge in [-0.1, -0.05) is 0 Å². The van der Waals surface area contributed by atoms with Gasteiger partial charge in [0.15, 0.2) is 0 Å². The first-order valence-electron chi connectivity index (χ1n) is 7.59. The van der Waals surface area contributed by atoms with Crippen LogP contribution in [0.4, 0.5) is 0 Å². The molecule has 3 aromatic carbocycles. The average molecular weight is 358 g/mol. The molecule has 2 aliphatic heterocycles. The summed E-state index contributed by atoms with van der Waals surface area (Å²) >= 11 is 3.62. The first kappa shape index (κ1) is 14.3. The molecule has 3 aromatic rings. The van der Waals surface area contributed by atoms with E-state index in [9.17, 15) is 0 Å². The molecule has 2 heterocycles. The van der Waals surface area contributed by atoms with Gasteiger partial charge in [-0.3, -0.25) is 0 Å². The van der Waals surface area contributed by atoms with Crippen molar-refractivity contribution in [1.29, 1.82) is 0 Å². The molecule has 116 valence electrons. The SMILES string of the molecule is c1ccc(P23(OCCO2)Sc2cccc4cccc(c24)S3)cc1. The Morgan fingerprint density at radius 1 is 0.696 bits per heavy atom. The quantitative estimate of drug-likeness (QED) is 0.525. The van der Waals surface area contributed by atoms with E-state index in [0.29, 0.717) is 13.2 Å². The Hall–Kier alpha value is -1.03. The van der Waals surface area contributed by atoms with Gasteiger partial charge in [0.1, 0.15) is 0 Å². The van der Waals surface area contributed by atoms with Crippen LogP contribution in [-0.2, 0) is 9.05 Å². The number of benzene rings is 3. The fourth-order valence-electron chi connectivity index (χ4n) is 3.24. The molecule has 0 bridgehead atoms. The molecule has 5 rings (SSSR count). The Labute approximate surface area is 143 Å². The Balaban J connectivity index is 1.81. The van der Waals surface area contributed by atoms with Gasteiger partial charge in [-0.05, 0) is 0 Å². The Bertz CT molecular complexity index is 863. The predicted molar refractivity (Wildman–Crippen MR) is 101 cm³/mol. The molecule has 0 atom stereocenters. The standard InChI is InChI=1S/C18H15O2PS2/c1-2-8-15(9-3-1)21(19-12-13-20-21)22-16-10-4-6-14-7-5-11-17(23-21)18(14)16/h1-11H,12-13H2. The summed E-state index contributed by atoms with van der Waals surface area (Å²) < 4.78 is 13.0. The summed E-state index contributed by atoms with van der Waals surface area (Å²) in [5, 5.41) is 3.79. The van der Waals surface area contributed by atoms with Gasteiger partial charge >= 0.3 is 143 Å². The maximum atomic E-state index is 6.48. The van der Waals surface area contributed by atoms with Crippen molar-refractivity contribution in [3.8, 4) is 0 Å². The van der Waals surface area contributed by atoms with Gasteiger partial charge in [0.2, 0.25) is 0 Å². The number of rotatable bonds is 1. The van der Waals surface area contributed by atoms with Gasteiger partial charge in [0.05, 0.1) is 0 Å².